The van der Waals surface area contributed by atoms with Crippen molar-refractivity contribution in [2.24, 2.45) is 0 Å². The van der Waals surface area contributed by atoms with E-state index in [0.717, 1.165) is 22.6 Å². The van der Waals surface area contributed by atoms with Crippen LogP contribution in [0.3, 0.4) is 0 Å². The third-order valence-corrected chi connectivity index (χ3v) is 3.23. The minimum absolute atomic E-state index is 0.0156. The molecule has 0 atom stereocenters. The third kappa shape index (κ3) is 2.25. The van der Waals surface area contributed by atoms with E-state index in [2.05, 4.69) is 10.6 Å². The zero-order valence-electron chi connectivity index (χ0n) is 10.7. The van der Waals surface area contributed by atoms with Crippen LogP contribution in [0, 0.1) is 6.92 Å². The predicted octanol–water partition coefficient (Wildman–Crippen LogP) is 2.82. The molecule has 0 spiro atoms. The Hall–Kier alpha value is -2.49. The van der Waals surface area contributed by atoms with E-state index in [1.165, 1.54) is 5.56 Å². The van der Waals surface area contributed by atoms with Gasteiger partial charge in [-0.3, -0.25) is 4.79 Å². The monoisotopic (exact) mass is 253 g/mol. The Morgan fingerprint density at radius 1 is 1.21 bits per heavy atom. The summed E-state index contributed by atoms with van der Waals surface area (Å²) in [5, 5.41) is 6.09. The number of rotatable bonds is 2. The van der Waals surface area contributed by atoms with Gasteiger partial charge in [-0.25, -0.2) is 0 Å². The molecule has 1 aliphatic rings. The van der Waals surface area contributed by atoms with Crippen LogP contribution in [0.5, 0.6) is 0 Å². The van der Waals surface area contributed by atoms with E-state index in [-0.39, 0.29) is 5.91 Å². The first-order valence-electron chi connectivity index (χ1n) is 6.18. The first-order valence-corrected chi connectivity index (χ1v) is 6.18. The molecule has 1 aliphatic heterocycles. The Bertz CT molecular complexity index is 647. The summed E-state index contributed by atoms with van der Waals surface area (Å²) in [7, 11) is 0. The van der Waals surface area contributed by atoms with Gasteiger partial charge in [0.15, 0.2) is 0 Å². The van der Waals surface area contributed by atoms with E-state index in [1.807, 2.05) is 43.3 Å². The standard InChI is InChI=1S/C15H15N3O/c1-9-2-4-11(5-3-9)17-14-8-13-10(6-12(14)16)7-15(19)18-13/h2-6,8,17H,7,16H2,1H3,(H,18,19). The number of aryl methyl sites for hydroxylation is 1. The van der Waals surface area contributed by atoms with Crippen LogP contribution < -0.4 is 16.4 Å². The minimum atomic E-state index is 0.0156. The number of anilines is 4. The summed E-state index contributed by atoms with van der Waals surface area (Å²) in [5.41, 5.74) is 11.5. The molecule has 0 aromatic heterocycles. The zero-order valence-corrected chi connectivity index (χ0v) is 10.7. The number of nitrogens with one attached hydrogen (secondary N) is 2. The molecular formula is C15H15N3O. The van der Waals surface area contributed by atoms with Crippen molar-refractivity contribution >= 4 is 28.7 Å². The molecule has 4 N–H and O–H groups in total. The average Bonchev–Trinajstić information content (AvgIpc) is 2.72. The first kappa shape index (κ1) is 11.6. The Labute approximate surface area is 111 Å². The Morgan fingerprint density at radius 2 is 1.95 bits per heavy atom. The summed E-state index contributed by atoms with van der Waals surface area (Å²) < 4.78 is 0. The Kier molecular flexibility index (Phi) is 2.63. The van der Waals surface area contributed by atoms with Crippen molar-refractivity contribution in [2.75, 3.05) is 16.4 Å². The van der Waals surface area contributed by atoms with Crippen LogP contribution in [0.4, 0.5) is 22.7 Å². The van der Waals surface area contributed by atoms with Gasteiger partial charge in [-0.05, 0) is 36.8 Å². The fraction of sp³-hybridized carbons (Fsp3) is 0.133. The number of hydrogen-bond donors (Lipinski definition) is 3. The van der Waals surface area contributed by atoms with Gasteiger partial charge in [-0.15, -0.1) is 0 Å². The van der Waals surface area contributed by atoms with E-state index in [0.29, 0.717) is 12.1 Å². The molecule has 96 valence electrons. The summed E-state index contributed by atoms with van der Waals surface area (Å²) in [4.78, 5) is 11.3. The maximum absolute atomic E-state index is 11.3. The van der Waals surface area contributed by atoms with Crippen LogP contribution in [-0.4, -0.2) is 5.91 Å². The normalized spacial score (nSPS) is 13.0. The molecule has 0 fully saturated rings. The second-order valence-corrected chi connectivity index (χ2v) is 4.81. The van der Waals surface area contributed by atoms with Crippen molar-refractivity contribution in [3.05, 3.63) is 47.5 Å². The van der Waals surface area contributed by atoms with Crippen LogP contribution >= 0.6 is 0 Å². The maximum Gasteiger partial charge on any atom is 0.228 e. The summed E-state index contributed by atoms with van der Waals surface area (Å²) in [5.74, 6) is 0.0156. The smallest absolute Gasteiger partial charge is 0.228 e. The third-order valence-electron chi connectivity index (χ3n) is 3.23. The number of benzene rings is 2. The lowest BCUT2D eigenvalue weighted by Crippen LogP contribution is -2.03. The van der Waals surface area contributed by atoms with Gasteiger partial charge in [0, 0.05) is 11.4 Å². The number of hydrogen-bond acceptors (Lipinski definition) is 3. The van der Waals surface area contributed by atoms with Crippen molar-refractivity contribution in [2.45, 2.75) is 13.3 Å². The highest BCUT2D eigenvalue weighted by Crippen LogP contribution is 2.33. The second kappa shape index (κ2) is 4.31. The van der Waals surface area contributed by atoms with Gasteiger partial charge >= 0.3 is 0 Å². The van der Waals surface area contributed by atoms with E-state index < -0.39 is 0 Å². The summed E-state index contributed by atoms with van der Waals surface area (Å²) in [6.45, 7) is 2.04. The van der Waals surface area contributed by atoms with Gasteiger partial charge in [0.1, 0.15) is 0 Å². The number of carbonyl (C=O) groups is 1. The quantitative estimate of drug-likeness (QED) is 0.721. The molecule has 19 heavy (non-hydrogen) atoms. The SMILES string of the molecule is Cc1ccc(Nc2cc3c(cc2N)CC(=O)N3)cc1. The van der Waals surface area contributed by atoms with Gasteiger partial charge in [-0.2, -0.15) is 0 Å². The van der Waals surface area contributed by atoms with E-state index in [9.17, 15) is 4.79 Å². The molecule has 3 rings (SSSR count). The van der Waals surface area contributed by atoms with Crippen LogP contribution in [0.25, 0.3) is 0 Å². The molecule has 1 heterocycles. The van der Waals surface area contributed by atoms with E-state index in [1.54, 1.807) is 0 Å². The highest BCUT2D eigenvalue weighted by molar-refractivity contribution is 6.01. The van der Waals surface area contributed by atoms with Crippen LogP contribution in [0.2, 0.25) is 0 Å². The van der Waals surface area contributed by atoms with E-state index in [4.69, 9.17) is 5.73 Å². The number of fused-ring (bicyclic) bond motifs is 1. The van der Waals surface area contributed by atoms with Crippen molar-refractivity contribution in [3.63, 3.8) is 0 Å². The molecule has 0 radical (unpaired) electrons. The molecule has 0 unspecified atom stereocenters. The molecular weight excluding hydrogens is 238 g/mol. The van der Waals surface area contributed by atoms with Crippen LogP contribution in [0.1, 0.15) is 11.1 Å². The fourth-order valence-electron chi connectivity index (χ4n) is 2.19. The van der Waals surface area contributed by atoms with Gasteiger partial charge in [-0.1, -0.05) is 17.7 Å². The molecule has 0 aliphatic carbocycles. The molecule has 0 saturated heterocycles. The van der Waals surface area contributed by atoms with Crippen molar-refractivity contribution in [3.8, 4) is 0 Å². The van der Waals surface area contributed by atoms with Gasteiger partial charge in [0.05, 0.1) is 17.8 Å². The number of nitrogens with two attached hydrogens (primary N) is 1. The van der Waals surface area contributed by atoms with Gasteiger partial charge in [0.25, 0.3) is 0 Å². The number of nitrogen functional groups attached to an aromatic ring is 1. The molecule has 1 amide bonds. The topological polar surface area (TPSA) is 67.1 Å². The van der Waals surface area contributed by atoms with Crippen LogP contribution in [-0.2, 0) is 11.2 Å². The zero-order chi connectivity index (χ0) is 13.4. The highest BCUT2D eigenvalue weighted by atomic mass is 16.1. The lowest BCUT2D eigenvalue weighted by Gasteiger charge is -2.11. The van der Waals surface area contributed by atoms with Crippen LogP contribution in [0.15, 0.2) is 36.4 Å². The molecule has 4 nitrogen and oxygen atoms in total. The summed E-state index contributed by atoms with van der Waals surface area (Å²) in [6, 6.07) is 11.8. The molecule has 0 bridgehead atoms. The van der Waals surface area contributed by atoms with Crippen molar-refractivity contribution in [1.29, 1.82) is 0 Å². The summed E-state index contributed by atoms with van der Waals surface area (Å²) >= 11 is 0. The van der Waals surface area contributed by atoms with Crippen molar-refractivity contribution < 1.29 is 4.79 Å². The fourth-order valence-corrected chi connectivity index (χ4v) is 2.19. The number of amides is 1. The lowest BCUT2D eigenvalue weighted by atomic mass is 10.1. The second-order valence-electron chi connectivity index (χ2n) is 4.81. The summed E-state index contributed by atoms with van der Waals surface area (Å²) in [6.07, 6.45) is 0.407. The predicted molar refractivity (Wildman–Crippen MR) is 77.6 cm³/mol. The Morgan fingerprint density at radius 3 is 2.68 bits per heavy atom. The molecule has 2 aromatic rings. The molecule has 4 heteroatoms. The van der Waals surface area contributed by atoms with Crippen molar-refractivity contribution in [1.82, 2.24) is 0 Å². The van der Waals surface area contributed by atoms with Gasteiger partial charge in [0.2, 0.25) is 5.91 Å². The number of carbonyl (C=O) groups excluding carboxylic acids is 1. The Balaban J connectivity index is 1.91. The first-order chi connectivity index (χ1) is 9.11. The van der Waals surface area contributed by atoms with E-state index >= 15 is 0 Å². The minimum Gasteiger partial charge on any atom is -0.397 e. The molecule has 2 aromatic carbocycles. The largest absolute Gasteiger partial charge is 0.397 e. The highest BCUT2D eigenvalue weighted by Gasteiger charge is 2.19. The lowest BCUT2D eigenvalue weighted by molar-refractivity contribution is -0.115. The molecule has 0 saturated carbocycles. The maximum atomic E-state index is 11.3. The average molecular weight is 253 g/mol. The van der Waals surface area contributed by atoms with Gasteiger partial charge < -0.3 is 16.4 Å².